The molecule has 0 bridgehead atoms. The SMILES string of the molecule is CCC(NCC1CN(C(C)C)CCO1)c1cccs1. The topological polar surface area (TPSA) is 24.5 Å². The number of morpholine rings is 1. The maximum Gasteiger partial charge on any atom is 0.0827 e. The maximum absolute atomic E-state index is 5.87. The van der Waals surface area contributed by atoms with Crippen molar-refractivity contribution in [3.05, 3.63) is 22.4 Å². The van der Waals surface area contributed by atoms with Gasteiger partial charge >= 0.3 is 0 Å². The van der Waals surface area contributed by atoms with Crippen LogP contribution in [0.15, 0.2) is 17.5 Å². The fraction of sp³-hybridized carbons (Fsp3) is 0.733. The van der Waals surface area contributed by atoms with E-state index in [1.807, 2.05) is 11.3 Å². The first-order valence-electron chi connectivity index (χ1n) is 7.33. The van der Waals surface area contributed by atoms with Crippen LogP contribution < -0.4 is 5.32 Å². The third-order valence-corrected chi connectivity index (χ3v) is 4.77. The molecule has 0 spiro atoms. The zero-order chi connectivity index (χ0) is 13.7. The highest BCUT2D eigenvalue weighted by molar-refractivity contribution is 7.10. The molecule has 1 aliphatic rings. The number of ether oxygens (including phenoxy) is 1. The van der Waals surface area contributed by atoms with Crippen LogP contribution in [0.1, 0.15) is 38.1 Å². The van der Waals surface area contributed by atoms with E-state index in [-0.39, 0.29) is 0 Å². The zero-order valence-corrected chi connectivity index (χ0v) is 13.1. The van der Waals surface area contributed by atoms with E-state index in [2.05, 4.69) is 48.5 Å². The number of hydrogen-bond donors (Lipinski definition) is 1. The zero-order valence-electron chi connectivity index (χ0n) is 12.3. The Morgan fingerprint density at radius 1 is 1.53 bits per heavy atom. The Morgan fingerprint density at radius 2 is 2.37 bits per heavy atom. The highest BCUT2D eigenvalue weighted by Gasteiger charge is 2.23. The lowest BCUT2D eigenvalue weighted by Crippen LogP contribution is -2.49. The second-order valence-electron chi connectivity index (χ2n) is 5.47. The summed E-state index contributed by atoms with van der Waals surface area (Å²) in [6.45, 7) is 10.7. The molecule has 4 heteroatoms. The van der Waals surface area contributed by atoms with E-state index in [9.17, 15) is 0 Å². The molecule has 2 unspecified atom stereocenters. The summed E-state index contributed by atoms with van der Waals surface area (Å²) >= 11 is 1.83. The van der Waals surface area contributed by atoms with Gasteiger partial charge in [0.05, 0.1) is 12.7 Å². The summed E-state index contributed by atoms with van der Waals surface area (Å²) in [5.41, 5.74) is 0. The predicted molar refractivity (Wildman–Crippen MR) is 81.8 cm³/mol. The van der Waals surface area contributed by atoms with Crippen LogP contribution in [0.4, 0.5) is 0 Å². The fourth-order valence-electron chi connectivity index (χ4n) is 2.54. The third-order valence-electron chi connectivity index (χ3n) is 3.79. The summed E-state index contributed by atoms with van der Waals surface area (Å²) in [6, 6.07) is 5.43. The second kappa shape index (κ2) is 7.39. The predicted octanol–water partition coefficient (Wildman–Crippen LogP) is 2.90. The van der Waals surface area contributed by atoms with Crippen molar-refractivity contribution in [3.63, 3.8) is 0 Å². The Hall–Kier alpha value is -0.420. The van der Waals surface area contributed by atoms with Crippen molar-refractivity contribution in [2.45, 2.75) is 45.4 Å². The first kappa shape index (κ1) is 15.0. The molecule has 3 nitrogen and oxygen atoms in total. The molecule has 1 saturated heterocycles. The van der Waals surface area contributed by atoms with Crippen LogP contribution in [0, 0.1) is 0 Å². The summed E-state index contributed by atoms with van der Waals surface area (Å²) in [7, 11) is 0. The molecule has 1 aliphatic heterocycles. The molecule has 2 rings (SSSR count). The Kier molecular flexibility index (Phi) is 5.82. The van der Waals surface area contributed by atoms with Gasteiger partial charge in [0, 0.05) is 36.6 Å². The average Bonchev–Trinajstić information content (AvgIpc) is 2.94. The van der Waals surface area contributed by atoms with Crippen molar-refractivity contribution >= 4 is 11.3 Å². The van der Waals surface area contributed by atoms with Crippen LogP contribution >= 0.6 is 11.3 Å². The normalized spacial score (nSPS) is 22.8. The average molecular weight is 282 g/mol. The molecule has 1 aromatic rings. The largest absolute Gasteiger partial charge is 0.374 e. The summed E-state index contributed by atoms with van der Waals surface area (Å²) in [4.78, 5) is 3.93. The van der Waals surface area contributed by atoms with Crippen molar-refractivity contribution in [2.24, 2.45) is 0 Å². The summed E-state index contributed by atoms with van der Waals surface area (Å²) in [5, 5.41) is 5.81. The molecule has 108 valence electrons. The second-order valence-corrected chi connectivity index (χ2v) is 6.45. The highest BCUT2D eigenvalue weighted by atomic mass is 32.1. The van der Waals surface area contributed by atoms with E-state index >= 15 is 0 Å². The van der Waals surface area contributed by atoms with Crippen LogP contribution in [0.3, 0.4) is 0 Å². The number of rotatable bonds is 6. The maximum atomic E-state index is 5.87. The Labute approximate surface area is 121 Å². The molecular formula is C15H26N2OS. The molecule has 1 fully saturated rings. The molecule has 0 radical (unpaired) electrons. The van der Waals surface area contributed by atoms with Crippen LogP contribution in [-0.4, -0.2) is 43.3 Å². The molecule has 1 N–H and O–H groups in total. The summed E-state index contributed by atoms with van der Waals surface area (Å²) < 4.78 is 5.87. The van der Waals surface area contributed by atoms with Gasteiger partial charge in [0.2, 0.25) is 0 Å². The van der Waals surface area contributed by atoms with Crippen LogP contribution in [0.5, 0.6) is 0 Å². The van der Waals surface area contributed by atoms with Crippen molar-refractivity contribution in [1.82, 2.24) is 10.2 Å². The highest BCUT2D eigenvalue weighted by Crippen LogP contribution is 2.21. The Balaban J connectivity index is 1.81. The van der Waals surface area contributed by atoms with Crippen molar-refractivity contribution in [3.8, 4) is 0 Å². The van der Waals surface area contributed by atoms with Gasteiger partial charge in [-0.1, -0.05) is 13.0 Å². The first-order chi connectivity index (χ1) is 9.20. The third kappa shape index (κ3) is 4.28. The summed E-state index contributed by atoms with van der Waals surface area (Å²) in [6.07, 6.45) is 1.45. The van der Waals surface area contributed by atoms with Crippen molar-refractivity contribution in [2.75, 3.05) is 26.2 Å². The standard InChI is InChI=1S/C15H26N2OS/c1-4-14(15-6-5-9-19-15)16-10-13-11-17(12(2)3)7-8-18-13/h5-6,9,12-14,16H,4,7-8,10-11H2,1-3H3. The van der Waals surface area contributed by atoms with Gasteiger partial charge < -0.3 is 10.1 Å². The van der Waals surface area contributed by atoms with Crippen molar-refractivity contribution < 1.29 is 4.74 Å². The molecule has 19 heavy (non-hydrogen) atoms. The molecule has 0 amide bonds. The van der Waals surface area contributed by atoms with Crippen LogP contribution in [-0.2, 0) is 4.74 Å². The minimum absolute atomic E-state index is 0.324. The molecular weight excluding hydrogens is 256 g/mol. The van der Waals surface area contributed by atoms with E-state index in [1.54, 1.807) is 0 Å². The van der Waals surface area contributed by atoms with Gasteiger partial charge in [-0.15, -0.1) is 11.3 Å². The smallest absolute Gasteiger partial charge is 0.0827 e. The van der Waals surface area contributed by atoms with E-state index in [0.29, 0.717) is 18.2 Å². The van der Waals surface area contributed by atoms with Gasteiger partial charge in [-0.05, 0) is 31.7 Å². The number of hydrogen-bond acceptors (Lipinski definition) is 4. The molecule has 2 atom stereocenters. The Bertz CT molecular complexity index is 353. The number of nitrogens with one attached hydrogen (secondary N) is 1. The van der Waals surface area contributed by atoms with Crippen LogP contribution in [0.2, 0.25) is 0 Å². The van der Waals surface area contributed by atoms with E-state index < -0.39 is 0 Å². The number of nitrogens with zero attached hydrogens (tertiary/aromatic N) is 1. The lowest BCUT2D eigenvalue weighted by Gasteiger charge is -2.36. The van der Waals surface area contributed by atoms with Gasteiger partial charge in [0.25, 0.3) is 0 Å². The van der Waals surface area contributed by atoms with Gasteiger partial charge in [0.15, 0.2) is 0 Å². The monoisotopic (exact) mass is 282 g/mol. The first-order valence-corrected chi connectivity index (χ1v) is 8.21. The quantitative estimate of drug-likeness (QED) is 0.868. The van der Waals surface area contributed by atoms with Gasteiger partial charge in [0.1, 0.15) is 0 Å². The van der Waals surface area contributed by atoms with Gasteiger partial charge in [-0.3, -0.25) is 4.90 Å². The summed E-state index contributed by atoms with van der Waals surface area (Å²) in [5.74, 6) is 0. The van der Waals surface area contributed by atoms with Gasteiger partial charge in [-0.2, -0.15) is 0 Å². The lowest BCUT2D eigenvalue weighted by molar-refractivity contribution is -0.0381. The van der Waals surface area contributed by atoms with E-state index in [1.165, 1.54) is 4.88 Å². The number of thiophene rings is 1. The van der Waals surface area contributed by atoms with Crippen molar-refractivity contribution in [1.29, 1.82) is 0 Å². The molecule has 0 aliphatic carbocycles. The Morgan fingerprint density at radius 3 is 3.00 bits per heavy atom. The molecule has 2 heterocycles. The lowest BCUT2D eigenvalue weighted by atomic mass is 10.1. The van der Waals surface area contributed by atoms with Crippen LogP contribution in [0.25, 0.3) is 0 Å². The minimum Gasteiger partial charge on any atom is -0.374 e. The minimum atomic E-state index is 0.324. The fourth-order valence-corrected chi connectivity index (χ4v) is 3.43. The molecule has 0 saturated carbocycles. The van der Waals surface area contributed by atoms with E-state index in [4.69, 9.17) is 4.74 Å². The molecule has 0 aromatic carbocycles. The molecule has 1 aromatic heterocycles. The van der Waals surface area contributed by atoms with Gasteiger partial charge in [-0.25, -0.2) is 0 Å². The van der Waals surface area contributed by atoms with E-state index in [0.717, 1.165) is 32.7 Å².